The Balaban J connectivity index is 1.37. The zero-order valence-electron chi connectivity index (χ0n) is 14.8. The highest BCUT2D eigenvalue weighted by Gasteiger charge is 2.21. The van der Waals surface area contributed by atoms with Crippen LogP contribution in [0.4, 0.5) is 5.82 Å². The molecule has 25 heavy (non-hydrogen) atoms. The molecule has 132 valence electrons. The van der Waals surface area contributed by atoms with Gasteiger partial charge in [-0.1, -0.05) is 35.9 Å². The summed E-state index contributed by atoms with van der Waals surface area (Å²) in [6.07, 6.45) is 2.36. The standard InChI is InChI=1S/C20H26N4O/c1-17-5-4-6-18(15-17)16-21-10-8-20(25)24-13-11-23(12-14-24)19-7-2-3-9-22-19/h2-7,9,15,21H,8,10-14,16H2,1H3. The van der Waals surface area contributed by atoms with Crippen LogP contribution in [0.1, 0.15) is 17.5 Å². The Hall–Kier alpha value is -2.40. The lowest BCUT2D eigenvalue weighted by Gasteiger charge is -2.35. The maximum Gasteiger partial charge on any atom is 0.223 e. The van der Waals surface area contributed by atoms with Crippen LogP contribution in [0.5, 0.6) is 0 Å². The molecule has 1 aliphatic heterocycles. The largest absolute Gasteiger partial charge is 0.353 e. The molecule has 0 radical (unpaired) electrons. The SMILES string of the molecule is Cc1cccc(CNCCC(=O)N2CCN(c3ccccn3)CC2)c1. The van der Waals surface area contributed by atoms with Crippen LogP contribution >= 0.6 is 0 Å². The molecule has 0 bridgehead atoms. The molecule has 5 heteroatoms. The molecule has 1 amide bonds. The quantitative estimate of drug-likeness (QED) is 0.821. The maximum absolute atomic E-state index is 12.4. The molecule has 1 fully saturated rings. The molecule has 1 saturated heterocycles. The van der Waals surface area contributed by atoms with Crippen LogP contribution in [0, 0.1) is 6.92 Å². The van der Waals surface area contributed by atoms with Crippen molar-refractivity contribution in [2.45, 2.75) is 19.9 Å². The summed E-state index contributed by atoms with van der Waals surface area (Å²) in [4.78, 5) is 20.9. The van der Waals surface area contributed by atoms with Gasteiger partial charge in [0.25, 0.3) is 0 Å². The number of carbonyl (C=O) groups excluding carboxylic acids is 1. The van der Waals surface area contributed by atoms with Gasteiger partial charge in [0.15, 0.2) is 0 Å². The number of hydrogen-bond acceptors (Lipinski definition) is 4. The predicted octanol–water partition coefficient (Wildman–Crippen LogP) is 2.22. The van der Waals surface area contributed by atoms with Gasteiger partial charge in [0.1, 0.15) is 5.82 Å². The molecule has 1 aliphatic rings. The molecule has 1 aromatic heterocycles. The smallest absolute Gasteiger partial charge is 0.223 e. The molecule has 0 spiro atoms. The van der Waals surface area contributed by atoms with E-state index in [9.17, 15) is 4.79 Å². The fraction of sp³-hybridized carbons (Fsp3) is 0.400. The summed E-state index contributed by atoms with van der Waals surface area (Å²) in [5.74, 6) is 1.23. The Bertz CT molecular complexity index is 681. The highest BCUT2D eigenvalue weighted by Crippen LogP contribution is 2.13. The topological polar surface area (TPSA) is 48.5 Å². The third-order valence-corrected chi connectivity index (χ3v) is 4.53. The number of nitrogens with zero attached hydrogens (tertiary/aromatic N) is 3. The average molecular weight is 338 g/mol. The van der Waals surface area contributed by atoms with E-state index >= 15 is 0 Å². The van der Waals surface area contributed by atoms with Crippen LogP contribution < -0.4 is 10.2 Å². The number of anilines is 1. The zero-order chi connectivity index (χ0) is 17.5. The van der Waals surface area contributed by atoms with Crippen molar-refractivity contribution in [1.29, 1.82) is 0 Å². The molecule has 5 nitrogen and oxygen atoms in total. The Morgan fingerprint density at radius 2 is 1.96 bits per heavy atom. The van der Waals surface area contributed by atoms with Crippen LogP contribution in [0.15, 0.2) is 48.7 Å². The maximum atomic E-state index is 12.4. The number of aromatic nitrogens is 1. The Morgan fingerprint density at radius 1 is 1.12 bits per heavy atom. The Kier molecular flexibility index (Phi) is 6.01. The molecule has 0 atom stereocenters. The third kappa shape index (κ3) is 5.03. The van der Waals surface area contributed by atoms with Gasteiger partial charge in [-0.05, 0) is 24.6 Å². The van der Waals surface area contributed by atoms with E-state index in [1.54, 1.807) is 0 Å². The number of benzene rings is 1. The van der Waals surface area contributed by atoms with Gasteiger partial charge in [0.05, 0.1) is 0 Å². The van der Waals surface area contributed by atoms with Gasteiger partial charge in [-0.15, -0.1) is 0 Å². The number of rotatable bonds is 6. The highest BCUT2D eigenvalue weighted by molar-refractivity contribution is 5.76. The number of hydrogen-bond donors (Lipinski definition) is 1. The first-order valence-corrected chi connectivity index (χ1v) is 8.92. The van der Waals surface area contributed by atoms with Crippen molar-refractivity contribution in [3.05, 3.63) is 59.8 Å². The summed E-state index contributed by atoms with van der Waals surface area (Å²) in [6, 6.07) is 14.4. The fourth-order valence-electron chi connectivity index (χ4n) is 3.13. The van der Waals surface area contributed by atoms with Crippen LogP contribution in [-0.2, 0) is 11.3 Å². The van der Waals surface area contributed by atoms with Gasteiger partial charge in [-0.2, -0.15) is 0 Å². The van der Waals surface area contributed by atoms with E-state index in [-0.39, 0.29) is 5.91 Å². The molecular weight excluding hydrogens is 312 g/mol. The molecule has 1 N–H and O–H groups in total. The highest BCUT2D eigenvalue weighted by atomic mass is 16.2. The second-order valence-corrected chi connectivity index (χ2v) is 6.47. The second-order valence-electron chi connectivity index (χ2n) is 6.47. The first kappa shape index (κ1) is 17.4. The van der Waals surface area contributed by atoms with Gasteiger partial charge in [0.2, 0.25) is 5.91 Å². The van der Waals surface area contributed by atoms with Crippen molar-refractivity contribution in [1.82, 2.24) is 15.2 Å². The van der Waals surface area contributed by atoms with Crippen LogP contribution in [0.25, 0.3) is 0 Å². The van der Waals surface area contributed by atoms with Gasteiger partial charge in [-0.3, -0.25) is 4.79 Å². The van der Waals surface area contributed by atoms with Crippen molar-refractivity contribution in [2.24, 2.45) is 0 Å². The Labute approximate surface area is 149 Å². The molecule has 0 unspecified atom stereocenters. The number of aryl methyl sites for hydroxylation is 1. The lowest BCUT2D eigenvalue weighted by molar-refractivity contribution is -0.131. The molecule has 0 aliphatic carbocycles. The summed E-state index contributed by atoms with van der Waals surface area (Å²) < 4.78 is 0. The summed E-state index contributed by atoms with van der Waals surface area (Å²) >= 11 is 0. The van der Waals surface area contributed by atoms with Crippen LogP contribution in [-0.4, -0.2) is 48.5 Å². The predicted molar refractivity (Wildman–Crippen MR) is 101 cm³/mol. The number of carbonyl (C=O) groups is 1. The van der Waals surface area contributed by atoms with E-state index in [0.29, 0.717) is 13.0 Å². The fourth-order valence-corrected chi connectivity index (χ4v) is 3.13. The minimum atomic E-state index is 0.234. The second kappa shape index (κ2) is 8.62. The summed E-state index contributed by atoms with van der Waals surface area (Å²) in [5.41, 5.74) is 2.53. The lowest BCUT2D eigenvalue weighted by Crippen LogP contribution is -2.49. The summed E-state index contributed by atoms with van der Waals surface area (Å²) in [6.45, 7) is 6.85. The van der Waals surface area contributed by atoms with Gasteiger partial charge < -0.3 is 15.1 Å². The van der Waals surface area contributed by atoms with Crippen molar-refractivity contribution in [3.8, 4) is 0 Å². The summed E-state index contributed by atoms with van der Waals surface area (Å²) in [7, 11) is 0. The molecule has 2 heterocycles. The van der Waals surface area contributed by atoms with E-state index in [1.165, 1.54) is 11.1 Å². The van der Waals surface area contributed by atoms with Gasteiger partial charge >= 0.3 is 0 Å². The molecule has 2 aromatic rings. The number of amides is 1. The van der Waals surface area contributed by atoms with Crippen LogP contribution in [0.2, 0.25) is 0 Å². The van der Waals surface area contributed by atoms with Gasteiger partial charge in [-0.25, -0.2) is 4.98 Å². The first-order valence-electron chi connectivity index (χ1n) is 8.92. The number of piperazine rings is 1. The van der Waals surface area contributed by atoms with Crippen molar-refractivity contribution < 1.29 is 4.79 Å². The molecule has 0 saturated carbocycles. The third-order valence-electron chi connectivity index (χ3n) is 4.53. The van der Waals surface area contributed by atoms with E-state index in [0.717, 1.165) is 38.5 Å². The van der Waals surface area contributed by atoms with Gasteiger partial charge in [0, 0.05) is 51.9 Å². The average Bonchev–Trinajstić information content (AvgIpc) is 2.66. The summed E-state index contributed by atoms with van der Waals surface area (Å²) in [5, 5.41) is 3.37. The normalized spacial score (nSPS) is 14.6. The van der Waals surface area contributed by atoms with E-state index in [2.05, 4.69) is 46.4 Å². The number of nitrogens with one attached hydrogen (secondary N) is 1. The molecule has 1 aromatic carbocycles. The molecule has 3 rings (SSSR count). The van der Waals surface area contributed by atoms with Crippen LogP contribution in [0.3, 0.4) is 0 Å². The van der Waals surface area contributed by atoms with Crippen molar-refractivity contribution >= 4 is 11.7 Å². The minimum absolute atomic E-state index is 0.234. The lowest BCUT2D eigenvalue weighted by atomic mass is 10.1. The first-order chi connectivity index (χ1) is 12.2. The van der Waals surface area contributed by atoms with E-state index < -0.39 is 0 Å². The Morgan fingerprint density at radius 3 is 2.68 bits per heavy atom. The van der Waals surface area contributed by atoms with Crippen molar-refractivity contribution in [2.75, 3.05) is 37.6 Å². The minimum Gasteiger partial charge on any atom is -0.353 e. The van der Waals surface area contributed by atoms with Crippen molar-refractivity contribution in [3.63, 3.8) is 0 Å². The zero-order valence-corrected chi connectivity index (χ0v) is 14.8. The molecular formula is C20H26N4O. The van der Waals surface area contributed by atoms with E-state index in [1.807, 2.05) is 29.3 Å². The number of pyridine rings is 1. The monoisotopic (exact) mass is 338 g/mol. The van der Waals surface area contributed by atoms with E-state index in [4.69, 9.17) is 0 Å².